The molecule has 0 bridgehead atoms. The van der Waals surface area contributed by atoms with E-state index in [1.54, 1.807) is 19.2 Å². The molecule has 0 fully saturated rings. The second-order valence-corrected chi connectivity index (χ2v) is 5.86. The van der Waals surface area contributed by atoms with Crippen LogP contribution in [-0.4, -0.2) is 23.2 Å². The number of benzene rings is 2. The number of carbonyl (C=O) groups excluding carboxylic acids is 1. The molecular weight excluding hydrogens is 328 g/mol. The average Bonchev–Trinajstić information content (AvgIpc) is 2.66. The van der Waals surface area contributed by atoms with Crippen molar-refractivity contribution in [1.82, 2.24) is 10.2 Å². The van der Waals surface area contributed by atoms with Crippen LogP contribution in [0.25, 0.3) is 0 Å². The number of carbonyl (C=O) groups is 1. The number of nitrogens with one attached hydrogen (secondary N) is 2. The molecule has 3 aromatic rings. The number of anilines is 3. The van der Waals surface area contributed by atoms with Gasteiger partial charge in [0.2, 0.25) is 0 Å². The molecule has 2 N–H and O–H groups in total. The Bertz CT molecular complexity index is 923. The molecule has 0 atom stereocenters. The Morgan fingerprint density at radius 2 is 1.81 bits per heavy atom. The number of rotatable bonds is 5. The van der Waals surface area contributed by atoms with Crippen LogP contribution in [0.3, 0.4) is 0 Å². The highest BCUT2D eigenvalue weighted by Crippen LogP contribution is 2.21. The second-order valence-electron chi connectivity index (χ2n) is 5.86. The minimum absolute atomic E-state index is 0.252. The quantitative estimate of drug-likeness (QED) is 0.726. The predicted octanol–water partition coefficient (Wildman–Crippen LogP) is 4.10. The summed E-state index contributed by atoms with van der Waals surface area (Å²) >= 11 is 0. The molecule has 6 heteroatoms. The minimum atomic E-state index is -0.292. The smallest absolute Gasteiger partial charge is 0.276 e. The topological polar surface area (TPSA) is 76.1 Å². The van der Waals surface area contributed by atoms with E-state index >= 15 is 0 Å². The van der Waals surface area contributed by atoms with Crippen molar-refractivity contribution >= 4 is 23.1 Å². The van der Waals surface area contributed by atoms with Crippen molar-refractivity contribution in [3.05, 3.63) is 71.4 Å². The zero-order valence-corrected chi connectivity index (χ0v) is 14.9. The first-order valence-electron chi connectivity index (χ1n) is 8.19. The largest absolute Gasteiger partial charge is 0.497 e. The first-order chi connectivity index (χ1) is 12.6. The fraction of sp³-hybridized carbons (Fsp3) is 0.150. The summed E-state index contributed by atoms with van der Waals surface area (Å²) in [7, 11) is 1.61. The zero-order chi connectivity index (χ0) is 18.5. The van der Waals surface area contributed by atoms with Crippen molar-refractivity contribution in [1.29, 1.82) is 0 Å². The lowest BCUT2D eigenvalue weighted by molar-refractivity contribution is 0.102. The van der Waals surface area contributed by atoms with Gasteiger partial charge in [-0.3, -0.25) is 4.79 Å². The van der Waals surface area contributed by atoms with Gasteiger partial charge in [-0.2, -0.15) is 0 Å². The zero-order valence-electron chi connectivity index (χ0n) is 14.9. The maximum atomic E-state index is 12.4. The van der Waals surface area contributed by atoms with E-state index in [-0.39, 0.29) is 11.6 Å². The summed E-state index contributed by atoms with van der Waals surface area (Å²) in [6.07, 6.45) is 0. The van der Waals surface area contributed by atoms with Gasteiger partial charge >= 0.3 is 0 Å². The predicted molar refractivity (Wildman–Crippen MR) is 102 cm³/mol. The third kappa shape index (κ3) is 3.97. The highest BCUT2D eigenvalue weighted by Gasteiger charge is 2.11. The van der Waals surface area contributed by atoms with Crippen LogP contribution < -0.4 is 15.4 Å². The van der Waals surface area contributed by atoms with Crippen LogP contribution in [0.5, 0.6) is 5.75 Å². The van der Waals surface area contributed by atoms with Crippen molar-refractivity contribution in [3.8, 4) is 5.75 Å². The number of ether oxygens (including phenoxy) is 1. The molecule has 0 aliphatic carbocycles. The number of methoxy groups -OCH3 is 1. The lowest BCUT2D eigenvalue weighted by atomic mass is 10.1. The molecule has 0 aliphatic heterocycles. The monoisotopic (exact) mass is 348 g/mol. The van der Waals surface area contributed by atoms with Gasteiger partial charge in [-0.25, -0.2) is 0 Å². The molecule has 26 heavy (non-hydrogen) atoms. The van der Waals surface area contributed by atoms with Gasteiger partial charge in [0.05, 0.1) is 7.11 Å². The molecule has 1 heterocycles. The summed E-state index contributed by atoms with van der Waals surface area (Å²) < 4.78 is 5.19. The molecule has 0 spiro atoms. The highest BCUT2D eigenvalue weighted by molar-refractivity contribution is 6.03. The Labute approximate surface area is 152 Å². The molecule has 3 rings (SSSR count). The average molecular weight is 348 g/mol. The Kier molecular flexibility index (Phi) is 5.12. The first-order valence-corrected chi connectivity index (χ1v) is 8.19. The van der Waals surface area contributed by atoms with Crippen LogP contribution in [0.2, 0.25) is 0 Å². The van der Waals surface area contributed by atoms with Crippen molar-refractivity contribution in [2.45, 2.75) is 13.8 Å². The summed E-state index contributed by atoms with van der Waals surface area (Å²) in [6, 6.07) is 16.6. The molecule has 0 radical (unpaired) electrons. The van der Waals surface area contributed by atoms with Crippen molar-refractivity contribution < 1.29 is 9.53 Å². The lowest BCUT2D eigenvalue weighted by Gasteiger charge is -2.10. The summed E-state index contributed by atoms with van der Waals surface area (Å²) in [5.74, 6) is 0.994. The van der Waals surface area contributed by atoms with Crippen LogP contribution in [0.4, 0.5) is 17.2 Å². The van der Waals surface area contributed by atoms with Gasteiger partial charge in [-0.1, -0.05) is 18.2 Å². The molecular formula is C20H20N4O2. The summed E-state index contributed by atoms with van der Waals surface area (Å²) in [5.41, 5.74) is 4.00. The third-order valence-corrected chi connectivity index (χ3v) is 4.09. The maximum absolute atomic E-state index is 12.4. The van der Waals surface area contributed by atoms with E-state index in [0.29, 0.717) is 5.82 Å². The summed E-state index contributed by atoms with van der Waals surface area (Å²) in [4.78, 5) is 12.4. The van der Waals surface area contributed by atoms with E-state index in [9.17, 15) is 4.79 Å². The van der Waals surface area contributed by atoms with Gasteiger partial charge < -0.3 is 15.4 Å². The van der Waals surface area contributed by atoms with Crippen LogP contribution in [0.15, 0.2) is 54.6 Å². The first kappa shape index (κ1) is 17.4. The molecule has 0 saturated carbocycles. The van der Waals surface area contributed by atoms with E-state index in [1.807, 2.05) is 56.3 Å². The number of hydrogen-bond acceptors (Lipinski definition) is 5. The molecule has 6 nitrogen and oxygen atoms in total. The van der Waals surface area contributed by atoms with Gasteiger partial charge in [0.15, 0.2) is 11.5 Å². The molecule has 132 valence electrons. The van der Waals surface area contributed by atoms with E-state index in [2.05, 4.69) is 20.8 Å². The Morgan fingerprint density at radius 1 is 1.00 bits per heavy atom. The van der Waals surface area contributed by atoms with Crippen LogP contribution in [0, 0.1) is 13.8 Å². The summed E-state index contributed by atoms with van der Waals surface area (Å²) in [6.45, 7) is 3.97. The summed E-state index contributed by atoms with van der Waals surface area (Å²) in [5, 5.41) is 14.1. The van der Waals surface area contributed by atoms with Gasteiger partial charge in [0.1, 0.15) is 5.75 Å². The molecule has 1 amide bonds. The highest BCUT2D eigenvalue weighted by atomic mass is 16.5. The fourth-order valence-corrected chi connectivity index (χ4v) is 2.44. The second kappa shape index (κ2) is 7.65. The van der Waals surface area contributed by atoms with Gasteiger partial charge in [-0.05, 0) is 55.3 Å². The van der Waals surface area contributed by atoms with E-state index < -0.39 is 0 Å². The Hall–Kier alpha value is -3.41. The number of hydrogen-bond donors (Lipinski definition) is 2. The van der Waals surface area contributed by atoms with Crippen LogP contribution in [-0.2, 0) is 0 Å². The molecule has 0 aliphatic rings. The van der Waals surface area contributed by atoms with E-state index in [1.165, 1.54) is 0 Å². The van der Waals surface area contributed by atoms with Crippen molar-refractivity contribution in [2.75, 3.05) is 17.7 Å². The molecule has 0 saturated heterocycles. The minimum Gasteiger partial charge on any atom is -0.497 e. The maximum Gasteiger partial charge on any atom is 0.276 e. The van der Waals surface area contributed by atoms with Gasteiger partial charge in [-0.15, -0.1) is 10.2 Å². The number of amides is 1. The van der Waals surface area contributed by atoms with E-state index in [0.717, 1.165) is 28.3 Å². The lowest BCUT2D eigenvalue weighted by Crippen LogP contribution is -2.15. The van der Waals surface area contributed by atoms with Crippen LogP contribution >= 0.6 is 0 Å². The number of aromatic nitrogens is 2. The Morgan fingerprint density at radius 3 is 2.54 bits per heavy atom. The number of nitrogens with zero attached hydrogens (tertiary/aromatic N) is 2. The van der Waals surface area contributed by atoms with Gasteiger partial charge in [0, 0.05) is 17.4 Å². The van der Waals surface area contributed by atoms with Gasteiger partial charge in [0.25, 0.3) is 5.91 Å². The standard InChI is InChI=1S/C20H20N4O2/c1-13-6-4-9-17(14(13)2)22-20(25)18-10-11-19(24-23-18)21-15-7-5-8-16(12-15)26-3/h4-12H,1-3H3,(H,21,24)(H,22,25). The molecule has 0 unspecified atom stereocenters. The molecule has 1 aromatic heterocycles. The molecule has 2 aromatic carbocycles. The normalized spacial score (nSPS) is 10.3. The fourth-order valence-electron chi connectivity index (χ4n) is 2.44. The SMILES string of the molecule is COc1cccc(Nc2ccc(C(=O)Nc3cccc(C)c3C)nn2)c1. The van der Waals surface area contributed by atoms with E-state index in [4.69, 9.17) is 4.74 Å². The Balaban J connectivity index is 1.70. The van der Waals surface area contributed by atoms with Crippen molar-refractivity contribution in [3.63, 3.8) is 0 Å². The number of aryl methyl sites for hydroxylation is 1. The third-order valence-electron chi connectivity index (χ3n) is 4.09. The van der Waals surface area contributed by atoms with Crippen molar-refractivity contribution in [2.24, 2.45) is 0 Å². The van der Waals surface area contributed by atoms with Crippen LogP contribution in [0.1, 0.15) is 21.6 Å².